The standard InChI is InChI=1S/C21H38N6O8/c1-3-11(2)17(21(34)35)27-19(32)13(7-8-16(29)30)25-20(33)14(10-15(24)28)26-18(31)12(23)6-4-5-9-22/h11-14,17H,3-10,22-23H2,1-2H3,(H2,24,28)(H,25,33)(H,26,31)(H,27,32)(H,29,30)(H,34,35). The molecule has 4 amide bonds. The van der Waals surface area contributed by atoms with Crippen LogP contribution in [0.15, 0.2) is 0 Å². The summed E-state index contributed by atoms with van der Waals surface area (Å²) in [6.45, 7) is 3.76. The molecule has 0 aliphatic rings. The van der Waals surface area contributed by atoms with Crippen LogP contribution in [-0.4, -0.2) is 76.5 Å². The highest BCUT2D eigenvalue weighted by Gasteiger charge is 2.32. The Morgan fingerprint density at radius 1 is 0.857 bits per heavy atom. The minimum Gasteiger partial charge on any atom is -0.481 e. The molecule has 0 fully saturated rings. The van der Waals surface area contributed by atoms with Gasteiger partial charge in [0.25, 0.3) is 0 Å². The van der Waals surface area contributed by atoms with E-state index in [1.165, 1.54) is 0 Å². The lowest BCUT2D eigenvalue weighted by Gasteiger charge is -2.26. The van der Waals surface area contributed by atoms with Crippen LogP contribution < -0.4 is 33.2 Å². The van der Waals surface area contributed by atoms with Gasteiger partial charge in [0.15, 0.2) is 0 Å². The van der Waals surface area contributed by atoms with Gasteiger partial charge in [-0.2, -0.15) is 0 Å². The highest BCUT2D eigenvalue weighted by molar-refractivity contribution is 5.96. The first kappa shape index (κ1) is 31.7. The average Bonchev–Trinajstić information content (AvgIpc) is 2.78. The number of nitrogens with one attached hydrogen (secondary N) is 3. The molecule has 5 unspecified atom stereocenters. The molecule has 14 heteroatoms. The largest absolute Gasteiger partial charge is 0.481 e. The molecule has 14 nitrogen and oxygen atoms in total. The molecule has 0 heterocycles. The first-order chi connectivity index (χ1) is 16.3. The molecule has 0 aromatic rings. The summed E-state index contributed by atoms with van der Waals surface area (Å²) in [6, 6.07) is -5.19. The highest BCUT2D eigenvalue weighted by Crippen LogP contribution is 2.10. The Labute approximate surface area is 203 Å². The van der Waals surface area contributed by atoms with Crippen LogP contribution in [0.1, 0.15) is 58.8 Å². The predicted octanol–water partition coefficient (Wildman–Crippen LogP) is -2.23. The van der Waals surface area contributed by atoms with Crippen molar-refractivity contribution in [2.45, 2.75) is 83.0 Å². The first-order valence-corrected chi connectivity index (χ1v) is 11.4. The van der Waals surface area contributed by atoms with Crippen LogP contribution in [0.5, 0.6) is 0 Å². The van der Waals surface area contributed by atoms with E-state index in [9.17, 15) is 33.9 Å². The van der Waals surface area contributed by atoms with Crippen LogP contribution in [0.2, 0.25) is 0 Å². The molecule has 0 aromatic heterocycles. The van der Waals surface area contributed by atoms with Crippen LogP contribution in [-0.2, 0) is 28.8 Å². The predicted molar refractivity (Wildman–Crippen MR) is 124 cm³/mol. The number of hydrogen-bond acceptors (Lipinski definition) is 8. The van der Waals surface area contributed by atoms with E-state index in [2.05, 4.69) is 16.0 Å². The summed E-state index contributed by atoms with van der Waals surface area (Å²) < 4.78 is 0. The van der Waals surface area contributed by atoms with Crippen molar-refractivity contribution in [2.75, 3.05) is 6.54 Å². The maximum absolute atomic E-state index is 12.8. The molecule has 0 rings (SSSR count). The zero-order chi connectivity index (χ0) is 27.1. The lowest BCUT2D eigenvalue weighted by atomic mass is 9.98. The fraction of sp³-hybridized carbons (Fsp3) is 0.714. The van der Waals surface area contributed by atoms with Gasteiger partial charge < -0.3 is 43.4 Å². The second kappa shape index (κ2) is 16.4. The average molecular weight is 503 g/mol. The molecule has 0 saturated carbocycles. The topological polar surface area (TPSA) is 257 Å². The first-order valence-electron chi connectivity index (χ1n) is 11.4. The molecule has 0 bridgehead atoms. The number of nitrogens with two attached hydrogens (primary N) is 3. The van der Waals surface area contributed by atoms with Crippen molar-refractivity contribution in [1.82, 2.24) is 16.0 Å². The number of carboxylic acid groups (broad SMARTS) is 2. The minimum atomic E-state index is -1.48. The SMILES string of the molecule is CCC(C)C(NC(=O)C(CCC(=O)O)NC(=O)C(CC(N)=O)NC(=O)C(N)CCCCN)C(=O)O. The smallest absolute Gasteiger partial charge is 0.326 e. The van der Waals surface area contributed by atoms with Crippen molar-refractivity contribution in [2.24, 2.45) is 23.1 Å². The Kier molecular flexibility index (Phi) is 14.9. The van der Waals surface area contributed by atoms with Gasteiger partial charge in [0, 0.05) is 6.42 Å². The molecule has 35 heavy (non-hydrogen) atoms. The molecule has 0 spiro atoms. The van der Waals surface area contributed by atoms with Gasteiger partial charge in [-0.3, -0.25) is 24.0 Å². The number of primary amides is 1. The number of amides is 4. The number of unbranched alkanes of at least 4 members (excludes halogenated alkanes) is 1. The van der Waals surface area contributed by atoms with Crippen LogP contribution in [0.4, 0.5) is 0 Å². The quantitative estimate of drug-likeness (QED) is 0.0935. The summed E-state index contributed by atoms with van der Waals surface area (Å²) in [4.78, 5) is 72.0. The monoisotopic (exact) mass is 502 g/mol. The fourth-order valence-corrected chi connectivity index (χ4v) is 3.07. The lowest BCUT2D eigenvalue weighted by molar-refractivity contribution is -0.144. The molecule has 5 atom stereocenters. The summed E-state index contributed by atoms with van der Waals surface area (Å²) in [5.74, 6) is -6.54. The van der Waals surface area contributed by atoms with Gasteiger partial charge >= 0.3 is 11.9 Å². The molecule has 0 saturated heterocycles. The van der Waals surface area contributed by atoms with E-state index < -0.39 is 78.5 Å². The van der Waals surface area contributed by atoms with E-state index in [0.29, 0.717) is 25.8 Å². The number of carboxylic acids is 2. The second-order valence-corrected chi connectivity index (χ2v) is 8.33. The lowest BCUT2D eigenvalue weighted by Crippen LogP contribution is -2.58. The zero-order valence-electron chi connectivity index (χ0n) is 20.1. The number of hydrogen-bond donors (Lipinski definition) is 8. The summed E-state index contributed by atoms with van der Waals surface area (Å²) in [6.07, 6.45) is 0.432. The van der Waals surface area contributed by atoms with Gasteiger partial charge in [-0.25, -0.2) is 4.79 Å². The molecular formula is C21H38N6O8. The normalized spacial score (nSPS) is 15.1. The fourth-order valence-electron chi connectivity index (χ4n) is 3.07. The zero-order valence-corrected chi connectivity index (χ0v) is 20.1. The third kappa shape index (κ3) is 12.7. The summed E-state index contributed by atoms with van der Waals surface area (Å²) in [5.41, 5.74) is 16.4. The number of carbonyl (C=O) groups is 6. The van der Waals surface area contributed by atoms with Crippen LogP contribution in [0, 0.1) is 5.92 Å². The molecule has 0 aliphatic carbocycles. The molecular weight excluding hydrogens is 464 g/mol. The van der Waals surface area contributed by atoms with Gasteiger partial charge in [-0.15, -0.1) is 0 Å². The molecule has 200 valence electrons. The van der Waals surface area contributed by atoms with E-state index in [0.717, 1.165) is 0 Å². The van der Waals surface area contributed by atoms with E-state index >= 15 is 0 Å². The van der Waals surface area contributed by atoms with Gasteiger partial charge in [-0.05, 0) is 31.7 Å². The number of aliphatic carboxylic acids is 2. The van der Waals surface area contributed by atoms with Crippen LogP contribution in [0.25, 0.3) is 0 Å². The van der Waals surface area contributed by atoms with Crippen molar-refractivity contribution in [3.8, 4) is 0 Å². The summed E-state index contributed by atoms with van der Waals surface area (Å²) >= 11 is 0. The molecule has 0 aromatic carbocycles. The third-order valence-corrected chi connectivity index (χ3v) is 5.40. The van der Waals surface area contributed by atoms with Crippen LogP contribution >= 0.6 is 0 Å². The van der Waals surface area contributed by atoms with Crippen molar-refractivity contribution in [1.29, 1.82) is 0 Å². The van der Waals surface area contributed by atoms with Gasteiger partial charge in [0.1, 0.15) is 18.1 Å². The van der Waals surface area contributed by atoms with E-state index in [1.54, 1.807) is 13.8 Å². The Balaban J connectivity index is 5.56. The van der Waals surface area contributed by atoms with Gasteiger partial charge in [0.2, 0.25) is 23.6 Å². The summed E-state index contributed by atoms with van der Waals surface area (Å²) in [7, 11) is 0. The Bertz CT molecular complexity index is 762. The van der Waals surface area contributed by atoms with E-state index in [-0.39, 0.29) is 12.8 Å². The van der Waals surface area contributed by atoms with Crippen molar-refractivity contribution >= 4 is 35.6 Å². The van der Waals surface area contributed by atoms with E-state index in [1.807, 2.05) is 0 Å². The minimum absolute atomic E-state index is 0.282. The number of carbonyl (C=O) groups excluding carboxylic acids is 4. The number of rotatable bonds is 18. The Morgan fingerprint density at radius 2 is 1.43 bits per heavy atom. The third-order valence-electron chi connectivity index (χ3n) is 5.40. The highest BCUT2D eigenvalue weighted by atomic mass is 16.4. The molecule has 11 N–H and O–H groups in total. The van der Waals surface area contributed by atoms with Crippen molar-refractivity contribution in [3.63, 3.8) is 0 Å². The van der Waals surface area contributed by atoms with Crippen LogP contribution in [0.3, 0.4) is 0 Å². The van der Waals surface area contributed by atoms with Crippen molar-refractivity contribution < 1.29 is 39.0 Å². The van der Waals surface area contributed by atoms with E-state index in [4.69, 9.17) is 22.3 Å². The maximum atomic E-state index is 12.8. The molecule has 0 radical (unpaired) electrons. The molecule has 0 aliphatic heterocycles. The second-order valence-electron chi connectivity index (χ2n) is 8.33. The summed E-state index contributed by atoms with van der Waals surface area (Å²) in [5, 5.41) is 25.3. The van der Waals surface area contributed by atoms with Gasteiger partial charge in [0.05, 0.1) is 12.5 Å². The Morgan fingerprint density at radius 3 is 1.91 bits per heavy atom. The Hall–Kier alpha value is -3.26. The maximum Gasteiger partial charge on any atom is 0.326 e. The van der Waals surface area contributed by atoms with Gasteiger partial charge in [-0.1, -0.05) is 26.7 Å². The van der Waals surface area contributed by atoms with Crippen molar-refractivity contribution in [3.05, 3.63) is 0 Å².